The molecule has 0 aromatic heterocycles. The molecule has 1 fully saturated rings. The molecule has 0 unspecified atom stereocenters. The summed E-state index contributed by atoms with van der Waals surface area (Å²) < 4.78 is 0. The van der Waals surface area contributed by atoms with Gasteiger partial charge in [-0.1, -0.05) is 18.7 Å². The van der Waals surface area contributed by atoms with E-state index < -0.39 is 5.97 Å². The summed E-state index contributed by atoms with van der Waals surface area (Å²) in [6, 6.07) is 7.86. The number of carbonyl (C=O) groups is 1. The third-order valence-electron chi connectivity index (χ3n) is 4.74. The van der Waals surface area contributed by atoms with Crippen LogP contribution >= 0.6 is 0 Å². The number of carboxylic acids is 1. The summed E-state index contributed by atoms with van der Waals surface area (Å²) >= 11 is 0. The van der Waals surface area contributed by atoms with E-state index in [9.17, 15) is 4.79 Å². The lowest BCUT2D eigenvalue weighted by Crippen LogP contribution is -2.42. The Balaban J connectivity index is 2.03. The van der Waals surface area contributed by atoms with E-state index in [0.717, 1.165) is 29.8 Å². The fourth-order valence-corrected chi connectivity index (χ4v) is 3.19. The first-order chi connectivity index (χ1) is 11.4. The van der Waals surface area contributed by atoms with Gasteiger partial charge in [-0.15, -0.1) is 0 Å². The molecule has 0 aliphatic heterocycles. The van der Waals surface area contributed by atoms with E-state index >= 15 is 0 Å². The molecule has 24 heavy (non-hydrogen) atoms. The first-order valence-corrected chi connectivity index (χ1v) is 8.35. The Morgan fingerprint density at radius 2 is 1.88 bits per heavy atom. The standard InChI is InChI=1S/C19H27N3O2/c1-13(14-6-5-7-15(12-14)19(23)24)18(20-2)21-16-8-10-17(11-9-16)22(3)4/h5-7,12,16-17H,1,8-11H2,2-4H3,(H,20,21)(H,23,24). The van der Waals surface area contributed by atoms with Crippen LogP contribution in [0.5, 0.6) is 0 Å². The molecule has 130 valence electrons. The predicted octanol–water partition coefficient (Wildman–Crippen LogP) is 2.89. The average molecular weight is 329 g/mol. The van der Waals surface area contributed by atoms with Gasteiger partial charge in [0.1, 0.15) is 5.84 Å². The molecule has 2 N–H and O–H groups in total. The maximum Gasteiger partial charge on any atom is 0.335 e. The number of hydrogen-bond acceptors (Lipinski definition) is 3. The zero-order valence-electron chi connectivity index (χ0n) is 14.7. The molecule has 0 amide bonds. The molecule has 1 aromatic carbocycles. The summed E-state index contributed by atoms with van der Waals surface area (Å²) in [5.74, 6) is -0.194. The number of nitrogens with zero attached hydrogens (tertiary/aromatic N) is 2. The van der Waals surface area contributed by atoms with Gasteiger partial charge in [-0.2, -0.15) is 0 Å². The van der Waals surface area contributed by atoms with Gasteiger partial charge in [0.2, 0.25) is 0 Å². The number of amidine groups is 1. The third-order valence-corrected chi connectivity index (χ3v) is 4.74. The van der Waals surface area contributed by atoms with Crippen LogP contribution in [0.3, 0.4) is 0 Å². The largest absolute Gasteiger partial charge is 0.478 e. The number of aromatic carboxylic acids is 1. The van der Waals surface area contributed by atoms with Gasteiger partial charge in [0.05, 0.1) is 5.56 Å². The van der Waals surface area contributed by atoms with Gasteiger partial charge in [-0.05, 0) is 57.5 Å². The molecule has 0 atom stereocenters. The lowest BCUT2D eigenvalue weighted by Gasteiger charge is -2.33. The number of carboxylic acid groups (broad SMARTS) is 1. The Morgan fingerprint density at radius 1 is 1.25 bits per heavy atom. The van der Waals surface area contributed by atoms with Crippen molar-refractivity contribution in [1.29, 1.82) is 0 Å². The second-order valence-corrected chi connectivity index (χ2v) is 6.55. The molecule has 1 aliphatic carbocycles. The maximum absolute atomic E-state index is 11.1. The highest BCUT2D eigenvalue weighted by molar-refractivity contribution is 6.22. The molecule has 0 saturated heterocycles. The molecule has 0 bridgehead atoms. The average Bonchev–Trinajstić information content (AvgIpc) is 2.59. The van der Waals surface area contributed by atoms with E-state index in [4.69, 9.17) is 5.11 Å². The second-order valence-electron chi connectivity index (χ2n) is 6.55. The van der Waals surface area contributed by atoms with Gasteiger partial charge in [0.25, 0.3) is 0 Å². The van der Waals surface area contributed by atoms with E-state index in [2.05, 4.69) is 35.9 Å². The van der Waals surface area contributed by atoms with Crippen molar-refractivity contribution in [2.45, 2.75) is 37.8 Å². The fraction of sp³-hybridized carbons (Fsp3) is 0.474. The van der Waals surface area contributed by atoms with E-state index in [1.807, 2.05) is 6.07 Å². The highest BCUT2D eigenvalue weighted by Gasteiger charge is 2.23. The lowest BCUT2D eigenvalue weighted by atomic mass is 9.90. The van der Waals surface area contributed by atoms with Gasteiger partial charge in [0, 0.05) is 24.7 Å². The summed E-state index contributed by atoms with van der Waals surface area (Å²) in [5, 5.41) is 12.6. The quantitative estimate of drug-likeness (QED) is 0.644. The molecule has 1 saturated carbocycles. The van der Waals surface area contributed by atoms with E-state index in [1.165, 1.54) is 12.8 Å². The Kier molecular flexibility index (Phi) is 6.15. The van der Waals surface area contributed by atoms with Crippen LogP contribution in [0, 0.1) is 0 Å². The Bertz CT molecular complexity index is 629. The highest BCUT2D eigenvalue weighted by Crippen LogP contribution is 2.23. The number of rotatable bonds is 5. The first kappa shape index (κ1) is 18.2. The summed E-state index contributed by atoms with van der Waals surface area (Å²) in [4.78, 5) is 17.8. The van der Waals surface area contributed by atoms with Gasteiger partial charge < -0.3 is 15.3 Å². The Hall–Kier alpha value is -2.14. The number of hydrogen-bond donors (Lipinski definition) is 2. The van der Waals surface area contributed by atoms with Crippen LogP contribution in [-0.4, -0.2) is 55.0 Å². The van der Waals surface area contributed by atoms with E-state index in [-0.39, 0.29) is 5.56 Å². The Labute approximate surface area is 144 Å². The minimum absolute atomic E-state index is 0.260. The minimum atomic E-state index is -0.936. The van der Waals surface area contributed by atoms with Crippen LogP contribution in [0.15, 0.2) is 35.8 Å². The minimum Gasteiger partial charge on any atom is -0.478 e. The van der Waals surface area contributed by atoms with Crippen LogP contribution < -0.4 is 5.32 Å². The Morgan fingerprint density at radius 3 is 2.42 bits per heavy atom. The zero-order chi connectivity index (χ0) is 17.7. The topological polar surface area (TPSA) is 64.9 Å². The van der Waals surface area contributed by atoms with Crippen LogP contribution in [0.1, 0.15) is 41.6 Å². The van der Waals surface area contributed by atoms with Gasteiger partial charge in [-0.25, -0.2) is 4.79 Å². The van der Waals surface area contributed by atoms with Crippen molar-refractivity contribution in [3.8, 4) is 0 Å². The van der Waals surface area contributed by atoms with Crippen molar-refractivity contribution in [2.24, 2.45) is 4.99 Å². The van der Waals surface area contributed by atoms with Gasteiger partial charge in [0.15, 0.2) is 0 Å². The van der Waals surface area contributed by atoms with E-state index in [0.29, 0.717) is 12.1 Å². The molecule has 1 aromatic rings. The first-order valence-electron chi connectivity index (χ1n) is 8.35. The smallest absolute Gasteiger partial charge is 0.335 e. The second kappa shape index (κ2) is 8.11. The van der Waals surface area contributed by atoms with Crippen LogP contribution in [-0.2, 0) is 0 Å². The maximum atomic E-state index is 11.1. The van der Waals surface area contributed by atoms with Crippen LogP contribution in [0.4, 0.5) is 0 Å². The fourth-order valence-electron chi connectivity index (χ4n) is 3.19. The molecule has 5 heteroatoms. The summed E-state index contributed by atoms with van der Waals surface area (Å²) in [6.45, 7) is 4.11. The third kappa shape index (κ3) is 4.45. The van der Waals surface area contributed by atoms with Gasteiger partial charge in [-0.3, -0.25) is 4.99 Å². The molecule has 2 rings (SSSR count). The highest BCUT2D eigenvalue weighted by atomic mass is 16.4. The van der Waals surface area contributed by atoms with Crippen molar-refractivity contribution in [3.05, 3.63) is 42.0 Å². The predicted molar refractivity (Wildman–Crippen MR) is 98.7 cm³/mol. The van der Waals surface area contributed by atoms with Gasteiger partial charge >= 0.3 is 5.97 Å². The monoisotopic (exact) mass is 329 g/mol. The molecular weight excluding hydrogens is 302 g/mol. The molecular formula is C19H27N3O2. The number of benzene rings is 1. The normalized spacial score (nSPS) is 21.6. The lowest BCUT2D eigenvalue weighted by molar-refractivity contribution is 0.0697. The number of aliphatic imine (C=N–C) groups is 1. The molecule has 0 radical (unpaired) electrons. The van der Waals surface area contributed by atoms with Crippen molar-refractivity contribution < 1.29 is 9.90 Å². The number of nitrogens with one attached hydrogen (secondary N) is 1. The van der Waals surface area contributed by atoms with Crippen molar-refractivity contribution in [1.82, 2.24) is 10.2 Å². The molecule has 5 nitrogen and oxygen atoms in total. The van der Waals surface area contributed by atoms with Crippen LogP contribution in [0.25, 0.3) is 5.57 Å². The van der Waals surface area contributed by atoms with Crippen molar-refractivity contribution in [3.63, 3.8) is 0 Å². The zero-order valence-corrected chi connectivity index (χ0v) is 14.7. The van der Waals surface area contributed by atoms with Crippen LogP contribution in [0.2, 0.25) is 0 Å². The summed E-state index contributed by atoms with van der Waals surface area (Å²) in [6.07, 6.45) is 4.54. The molecule has 0 heterocycles. The van der Waals surface area contributed by atoms with Crippen molar-refractivity contribution >= 4 is 17.4 Å². The van der Waals surface area contributed by atoms with Crippen molar-refractivity contribution in [2.75, 3.05) is 21.1 Å². The SMILES string of the molecule is C=C(C(=NC)NC1CCC(N(C)C)CC1)c1cccc(C(=O)O)c1. The van der Waals surface area contributed by atoms with E-state index in [1.54, 1.807) is 25.2 Å². The molecule has 0 spiro atoms. The summed E-state index contributed by atoms with van der Waals surface area (Å²) in [5.41, 5.74) is 1.77. The molecule has 1 aliphatic rings. The summed E-state index contributed by atoms with van der Waals surface area (Å²) in [7, 11) is 6.00.